The molecule has 0 radical (unpaired) electrons. The summed E-state index contributed by atoms with van der Waals surface area (Å²) in [5.41, 5.74) is -1.51. The lowest BCUT2D eigenvalue weighted by Gasteiger charge is -2.32. The van der Waals surface area contributed by atoms with Crippen LogP contribution in [0.1, 0.15) is 47.0 Å². The van der Waals surface area contributed by atoms with Crippen molar-refractivity contribution in [1.82, 2.24) is 5.32 Å². The van der Waals surface area contributed by atoms with E-state index in [-0.39, 0.29) is 5.92 Å². The molecule has 1 saturated carbocycles. The van der Waals surface area contributed by atoms with Gasteiger partial charge in [0.1, 0.15) is 11.1 Å². The average Bonchev–Trinajstić information content (AvgIpc) is 2.57. The number of rotatable bonds is 2. The number of hydrogen-bond acceptors (Lipinski definition) is 4. The first-order chi connectivity index (χ1) is 8.21. The molecular formula is C13H23NO4. The van der Waals surface area contributed by atoms with Gasteiger partial charge in [-0.25, -0.2) is 9.59 Å². The SMILES string of the molecule is COC(=O)C1(NC(=O)OC(C)(C)C)CCCC1C. The molecule has 0 heterocycles. The first-order valence-electron chi connectivity index (χ1n) is 6.31. The summed E-state index contributed by atoms with van der Waals surface area (Å²) in [7, 11) is 1.34. The normalized spacial score (nSPS) is 27.7. The lowest BCUT2D eigenvalue weighted by atomic mass is 9.88. The number of hydrogen-bond donors (Lipinski definition) is 1. The van der Waals surface area contributed by atoms with Crippen LogP contribution in [0.15, 0.2) is 0 Å². The van der Waals surface area contributed by atoms with Gasteiger partial charge in [0.25, 0.3) is 0 Å². The Hall–Kier alpha value is -1.26. The lowest BCUT2D eigenvalue weighted by Crippen LogP contribution is -2.57. The monoisotopic (exact) mass is 257 g/mol. The van der Waals surface area contributed by atoms with Gasteiger partial charge in [-0.1, -0.05) is 13.3 Å². The summed E-state index contributed by atoms with van der Waals surface area (Å²) in [5, 5.41) is 2.71. The van der Waals surface area contributed by atoms with E-state index in [1.165, 1.54) is 7.11 Å². The van der Waals surface area contributed by atoms with Gasteiger partial charge in [0.05, 0.1) is 7.11 Å². The van der Waals surface area contributed by atoms with Gasteiger partial charge in [-0.3, -0.25) is 0 Å². The van der Waals surface area contributed by atoms with Crippen LogP contribution in [0.2, 0.25) is 0 Å². The number of amides is 1. The molecule has 104 valence electrons. The fourth-order valence-corrected chi connectivity index (χ4v) is 2.39. The third-order valence-corrected chi connectivity index (χ3v) is 3.32. The Balaban J connectivity index is 2.81. The van der Waals surface area contributed by atoms with Crippen LogP contribution in [0.25, 0.3) is 0 Å². The second-order valence-corrected chi connectivity index (χ2v) is 5.88. The number of alkyl carbamates (subject to hydrolysis) is 1. The zero-order valence-electron chi connectivity index (χ0n) is 11.8. The molecule has 1 N–H and O–H groups in total. The maximum atomic E-state index is 12.0. The molecule has 0 aromatic carbocycles. The molecule has 2 unspecified atom stereocenters. The molecule has 0 bridgehead atoms. The van der Waals surface area contributed by atoms with Gasteiger partial charge in [-0.15, -0.1) is 0 Å². The van der Waals surface area contributed by atoms with Gasteiger partial charge in [0.15, 0.2) is 0 Å². The Morgan fingerprint density at radius 1 is 1.33 bits per heavy atom. The molecule has 5 nitrogen and oxygen atoms in total. The van der Waals surface area contributed by atoms with Gasteiger partial charge in [-0.2, -0.15) is 0 Å². The van der Waals surface area contributed by atoms with Crippen LogP contribution in [0.3, 0.4) is 0 Å². The topological polar surface area (TPSA) is 64.6 Å². The van der Waals surface area contributed by atoms with Gasteiger partial charge in [0, 0.05) is 0 Å². The first kappa shape index (κ1) is 14.8. The smallest absolute Gasteiger partial charge is 0.408 e. The van der Waals surface area contributed by atoms with E-state index in [1.807, 2.05) is 6.92 Å². The van der Waals surface area contributed by atoms with Crippen molar-refractivity contribution in [3.63, 3.8) is 0 Å². The molecule has 1 aliphatic carbocycles. The summed E-state index contributed by atoms with van der Waals surface area (Å²) in [4.78, 5) is 23.8. The highest BCUT2D eigenvalue weighted by molar-refractivity contribution is 5.86. The Bertz CT molecular complexity index is 334. The summed E-state index contributed by atoms with van der Waals surface area (Å²) >= 11 is 0. The van der Waals surface area contributed by atoms with E-state index >= 15 is 0 Å². The van der Waals surface area contributed by atoms with E-state index in [1.54, 1.807) is 20.8 Å². The van der Waals surface area contributed by atoms with Gasteiger partial charge in [-0.05, 0) is 39.5 Å². The van der Waals surface area contributed by atoms with Crippen molar-refractivity contribution in [3.8, 4) is 0 Å². The number of carbonyl (C=O) groups is 2. The van der Waals surface area contributed by atoms with Crippen molar-refractivity contribution < 1.29 is 19.1 Å². The molecule has 1 amide bonds. The molecule has 1 aliphatic rings. The average molecular weight is 257 g/mol. The fraction of sp³-hybridized carbons (Fsp3) is 0.846. The quantitative estimate of drug-likeness (QED) is 0.770. The zero-order chi connectivity index (χ0) is 14.0. The number of carbonyl (C=O) groups excluding carboxylic acids is 2. The molecule has 0 aromatic heterocycles. The maximum Gasteiger partial charge on any atom is 0.408 e. The molecule has 1 fully saturated rings. The largest absolute Gasteiger partial charge is 0.467 e. The van der Waals surface area contributed by atoms with Crippen LogP contribution < -0.4 is 5.32 Å². The highest BCUT2D eigenvalue weighted by Crippen LogP contribution is 2.36. The highest BCUT2D eigenvalue weighted by atomic mass is 16.6. The number of ether oxygens (including phenoxy) is 2. The second kappa shape index (κ2) is 5.16. The van der Waals surface area contributed by atoms with Crippen LogP contribution in [0.4, 0.5) is 4.79 Å². The van der Waals surface area contributed by atoms with Crippen LogP contribution in [0, 0.1) is 5.92 Å². The second-order valence-electron chi connectivity index (χ2n) is 5.88. The molecule has 0 aliphatic heterocycles. The molecule has 0 saturated heterocycles. The van der Waals surface area contributed by atoms with Crippen molar-refractivity contribution in [2.24, 2.45) is 5.92 Å². The van der Waals surface area contributed by atoms with E-state index in [4.69, 9.17) is 9.47 Å². The van der Waals surface area contributed by atoms with Gasteiger partial charge in [0.2, 0.25) is 0 Å². The third-order valence-electron chi connectivity index (χ3n) is 3.32. The van der Waals surface area contributed by atoms with Crippen molar-refractivity contribution in [1.29, 1.82) is 0 Å². The van der Waals surface area contributed by atoms with E-state index in [9.17, 15) is 9.59 Å². The molecule has 0 spiro atoms. The predicted octanol–water partition coefficient (Wildman–Crippen LogP) is 2.24. The minimum Gasteiger partial charge on any atom is -0.467 e. The molecular weight excluding hydrogens is 234 g/mol. The fourth-order valence-electron chi connectivity index (χ4n) is 2.39. The van der Waals surface area contributed by atoms with Crippen molar-refractivity contribution in [2.75, 3.05) is 7.11 Å². The van der Waals surface area contributed by atoms with E-state index in [0.29, 0.717) is 6.42 Å². The Kier molecular flexibility index (Phi) is 4.24. The summed E-state index contributed by atoms with van der Waals surface area (Å²) in [5.74, 6) is -0.337. The van der Waals surface area contributed by atoms with Crippen molar-refractivity contribution >= 4 is 12.1 Å². The molecule has 0 aromatic rings. The lowest BCUT2D eigenvalue weighted by molar-refractivity contribution is -0.150. The van der Waals surface area contributed by atoms with Crippen LogP contribution >= 0.6 is 0 Å². The van der Waals surface area contributed by atoms with Crippen LogP contribution in [0.5, 0.6) is 0 Å². The van der Waals surface area contributed by atoms with Crippen molar-refractivity contribution in [3.05, 3.63) is 0 Å². The first-order valence-corrected chi connectivity index (χ1v) is 6.31. The Morgan fingerprint density at radius 2 is 1.94 bits per heavy atom. The highest BCUT2D eigenvalue weighted by Gasteiger charge is 2.49. The summed E-state index contributed by atoms with van der Waals surface area (Å²) < 4.78 is 10.0. The number of nitrogens with one attached hydrogen (secondary N) is 1. The molecule has 5 heteroatoms. The van der Waals surface area contributed by atoms with Crippen molar-refractivity contribution in [2.45, 2.75) is 58.1 Å². The Labute approximate surface area is 108 Å². The Morgan fingerprint density at radius 3 is 2.33 bits per heavy atom. The summed E-state index contributed by atoms with van der Waals surface area (Å²) in [6.45, 7) is 7.31. The minimum atomic E-state index is -0.933. The van der Waals surface area contributed by atoms with E-state index in [0.717, 1.165) is 12.8 Å². The van der Waals surface area contributed by atoms with Crippen LogP contribution in [-0.4, -0.2) is 30.3 Å². The van der Waals surface area contributed by atoms with Crippen LogP contribution in [-0.2, 0) is 14.3 Å². The third kappa shape index (κ3) is 3.15. The van der Waals surface area contributed by atoms with Gasteiger partial charge < -0.3 is 14.8 Å². The van der Waals surface area contributed by atoms with E-state index in [2.05, 4.69) is 5.32 Å². The zero-order valence-corrected chi connectivity index (χ0v) is 11.8. The molecule has 18 heavy (non-hydrogen) atoms. The van der Waals surface area contributed by atoms with E-state index < -0.39 is 23.2 Å². The standard InChI is InChI=1S/C13H23NO4/c1-9-7-6-8-13(9,10(15)17-5)14-11(16)18-12(2,3)4/h9H,6-8H2,1-5H3,(H,14,16). The minimum absolute atomic E-state index is 0.0532. The summed E-state index contributed by atoms with van der Waals surface area (Å²) in [6.07, 6.45) is 1.82. The number of methoxy groups -OCH3 is 1. The van der Waals surface area contributed by atoms with Gasteiger partial charge >= 0.3 is 12.1 Å². The number of esters is 1. The summed E-state index contributed by atoms with van der Waals surface area (Å²) in [6, 6.07) is 0. The maximum absolute atomic E-state index is 12.0. The molecule has 2 atom stereocenters. The predicted molar refractivity (Wildman–Crippen MR) is 67.1 cm³/mol. The molecule has 1 rings (SSSR count).